The zero-order valence-corrected chi connectivity index (χ0v) is 8.78. The lowest BCUT2D eigenvalue weighted by atomic mass is 9.98. The largest absolute Gasteiger partial charge is 0.386 e. The summed E-state index contributed by atoms with van der Waals surface area (Å²) >= 11 is 0. The molecular formula is C6H13NO8S. The van der Waals surface area contributed by atoms with Crippen molar-refractivity contribution in [2.45, 2.75) is 29.5 Å². The van der Waals surface area contributed by atoms with Gasteiger partial charge in [-0.15, -0.1) is 0 Å². The predicted octanol–water partition coefficient (Wildman–Crippen LogP) is -4.04. The van der Waals surface area contributed by atoms with Crippen LogP contribution in [0.3, 0.4) is 0 Å². The van der Waals surface area contributed by atoms with Gasteiger partial charge in [-0.05, 0) is 0 Å². The molecule has 1 rings (SSSR count). The Labute approximate surface area is 90.8 Å². The van der Waals surface area contributed by atoms with E-state index in [9.17, 15) is 18.6 Å². The Balaban J connectivity index is 3.22. The van der Waals surface area contributed by atoms with Gasteiger partial charge in [-0.25, -0.2) is 0 Å². The van der Waals surface area contributed by atoms with E-state index in [1.165, 1.54) is 0 Å². The lowest BCUT2D eigenvalue weighted by molar-refractivity contribution is -0.292. The molecule has 0 saturated carbocycles. The van der Waals surface area contributed by atoms with E-state index in [-0.39, 0.29) is 0 Å². The standard InChI is InChI=1S/C6H13NO8S/c7-1-2-6(11,16(12,13)14)4(9)3(8)5(10)15-2/h2-5,8-11H,1,7H2,(H,12,13,14)/t2-,3-,4-,5+,6+/m1/s1. The molecule has 0 amide bonds. The molecule has 0 unspecified atom stereocenters. The van der Waals surface area contributed by atoms with Crippen LogP contribution in [0.25, 0.3) is 0 Å². The number of rotatable bonds is 2. The second-order valence-corrected chi connectivity index (χ2v) is 5.02. The highest BCUT2D eigenvalue weighted by atomic mass is 32.2. The average Bonchev–Trinajstić information content (AvgIpc) is 2.18. The molecule has 0 aromatic heterocycles. The Morgan fingerprint density at radius 1 is 1.31 bits per heavy atom. The molecular weight excluding hydrogens is 246 g/mol. The van der Waals surface area contributed by atoms with E-state index in [0.717, 1.165) is 0 Å². The van der Waals surface area contributed by atoms with Crippen molar-refractivity contribution in [1.82, 2.24) is 0 Å². The van der Waals surface area contributed by atoms with E-state index >= 15 is 0 Å². The average molecular weight is 259 g/mol. The Morgan fingerprint density at radius 2 is 1.81 bits per heavy atom. The van der Waals surface area contributed by atoms with Gasteiger partial charge in [-0.3, -0.25) is 4.55 Å². The smallest absolute Gasteiger partial charge is 0.300 e. The third kappa shape index (κ3) is 1.83. The molecule has 1 fully saturated rings. The van der Waals surface area contributed by atoms with Crippen molar-refractivity contribution >= 4 is 10.1 Å². The van der Waals surface area contributed by atoms with E-state index in [2.05, 4.69) is 4.74 Å². The quantitative estimate of drug-likeness (QED) is 0.270. The first-order chi connectivity index (χ1) is 7.16. The van der Waals surface area contributed by atoms with Gasteiger partial charge < -0.3 is 30.9 Å². The molecule has 1 saturated heterocycles. The van der Waals surface area contributed by atoms with Crippen LogP contribution in [0.15, 0.2) is 0 Å². The van der Waals surface area contributed by atoms with Gasteiger partial charge in [0, 0.05) is 6.54 Å². The molecule has 0 bridgehead atoms. The highest BCUT2D eigenvalue weighted by Crippen LogP contribution is 2.32. The molecule has 0 aromatic carbocycles. The van der Waals surface area contributed by atoms with Crippen LogP contribution in [0.2, 0.25) is 0 Å². The Morgan fingerprint density at radius 3 is 2.19 bits per heavy atom. The van der Waals surface area contributed by atoms with Crippen LogP contribution in [0, 0.1) is 0 Å². The molecule has 0 aromatic rings. The van der Waals surface area contributed by atoms with Crippen molar-refractivity contribution < 1.29 is 38.1 Å². The minimum atomic E-state index is -5.16. The van der Waals surface area contributed by atoms with E-state index in [1.54, 1.807) is 0 Å². The molecule has 7 N–H and O–H groups in total. The van der Waals surface area contributed by atoms with Gasteiger partial charge in [-0.1, -0.05) is 0 Å². The van der Waals surface area contributed by atoms with Gasteiger partial charge in [0.1, 0.15) is 18.3 Å². The molecule has 0 radical (unpaired) electrons. The van der Waals surface area contributed by atoms with Gasteiger partial charge in [0.2, 0.25) is 4.93 Å². The lowest BCUT2D eigenvalue weighted by Gasteiger charge is -2.44. The van der Waals surface area contributed by atoms with Crippen molar-refractivity contribution in [2.24, 2.45) is 5.73 Å². The van der Waals surface area contributed by atoms with Gasteiger partial charge in [0.05, 0.1) is 0 Å². The normalized spacial score (nSPS) is 45.6. The van der Waals surface area contributed by atoms with Crippen LogP contribution in [-0.2, 0) is 14.9 Å². The second kappa shape index (κ2) is 4.16. The summed E-state index contributed by atoms with van der Waals surface area (Å²) in [7, 11) is -5.16. The molecule has 1 aliphatic rings. The fourth-order valence-electron chi connectivity index (χ4n) is 1.48. The maximum Gasteiger partial charge on any atom is 0.300 e. The zero-order valence-electron chi connectivity index (χ0n) is 7.96. The number of aliphatic hydroxyl groups is 4. The summed E-state index contributed by atoms with van der Waals surface area (Å²) in [5.41, 5.74) is 5.08. The lowest BCUT2D eigenvalue weighted by Crippen LogP contribution is -2.70. The van der Waals surface area contributed by atoms with Crippen LogP contribution in [-0.4, -0.2) is 69.5 Å². The van der Waals surface area contributed by atoms with Crippen LogP contribution >= 0.6 is 0 Å². The van der Waals surface area contributed by atoms with Crippen LogP contribution < -0.4 is 5.73 Å². The summed E-state index contributed by atoms with van der Waals surface area (Å²) in [5.74, 6) is 0. The van der Waals surface area contributed by atoms with Crippen molar-refractivity contribution in [3.05, 3.63) is 0 Å². The summed E-state index contributed by atoms with van der Waals surface area (Å²) in [5, 5.41) is 37.3. The van der Waals surface area contributed by atoms with Crippen molar-refractivity contribution in [1.29, 1.82) is 0 Å². The van der Waals surface area contributed by atoms with Gasteiger partial charge in [0.25, 0.3) is 0 Å². The molecule has 9 nitrogen and oxygen atoms in total. The number of hydrogen-bond donors (Lipinski definition) is 6. The first-order valence-corrected chi connectivity index (χ1v) is 5.69. The Bertz CT molecular complexity index is 354. The maximum atomic E-state index is 11.0. The summed E-state index contributed by atoms with van der Waals surface area (Å²) < 4.78 is 35.2. The third-order valence-corrected chi connectivity index (χ3v) is 3.76. The molecule has 5 atom stereocenters. The summed E-state index contributed by atoms with van der Waals surface area (Å²) in [4.78, 5) is -3.18. The highest BCUT2D eigenvalue weighted by molar-refractivity contribution is 7.87. The molecule has 1 aliphatic heterocycles. The van der Waals surface area contributed by atoms with Gasteiger partial charge in [-0.2, -0.15) is 8.42 Å². The summed E-state index contributed by atoms with van der Waals surface area (Å²) in [6.45, 7) is -0.600. The minimum Gasteiger partial charge on any atom is -0.386 e. The summed E-state index contributed by atoms with van der Waals surface area (Å²) in [6.07, 6.45) is -8.11. The van der Waals surface area contributed by atoms with Crippen molar-refractivity contribution in [3.63, 3.8) is 0 Å². The highest BCUT2D eigenvalue weighted by Gasteiger charge is 2.61. The minimum absolute atomic E-state index is 0.600. The number of nitrogens with two attached hydrogens (primary N) is 1. The van der Waals surface area contributed by atoms with Crippen molar-refractivity contribution in [3.8, 4) is 0 Å². The predicted molar refractivity (Wildman–Crippen MR) is 48.4 cm³/mol. The fourth-order valence-corrected chi connectivity index (χ4v) is 2.41. The zero-order chi connectivity index (χ0) is 12.7. The van der Waals surface area contributed by atoms with Gasteiger partial charge in [0.15, 0.2) is 6.29 Å². The summed E-state index contributed by atoms with van der Waals surface area (Å²) in [6, 6.07) is 0. The third-order valence-electron chi connectivity index (χ3n) is 2.43. The molecule has 0 spiro atoms. The monoisotopic (exact) mass is 259 g/mol. The Kier molecular flexibility index (Phi) is 3.57. The van der Waals surface area contributed by atoms with Crippen molar-refractivity contribution in [2.75, 3.05) is 6.54 Å². The van der Waals surface area contributed by atoms with E-state index in [4.69, 9.17) is 20.5 Å². The van der Waals surface area contributed by atoms with E-state index < -0.39 is 46.2 Å². The van der Waals surface area contributed by atoms with Crippen LogP contribution in [0.1, 0.15) is 0 Å². The fraction of sp³-hybridized carbons (Fsp3) is 1.00. The first-order valence-electron chi connectivity index (χ1n) is 4.25. The topological polar surface area (TPSA) is 171 Å². The maximum absolute atomic E-state index is 11.0. The molecule has 96 valence electrons. The van der Waals surface area contributed by atoms with Crippen LogP contribution in [0.5, 0.6) is 0 Å². The number of aliphatic hydroxyl groups excluding tert-OH is 3. The molecule has 1 heterocycles. The van der Waals surface area contributed by atoms with Gasteiger partial charge >= 0.3 is 10.1 Å². The molecule has 10 heteroatoms. The number of ether oxygens (including phenoxy) is 1. The van der Waals surface area contributed by atoms with E-state index in [1.807, 2.05) is 0 Å². The molecule has 0 aliphatic carbocycles. The Hall–Kier alpha value is -0.330. The second-order valence-electron chi connectivity index (χ2n) is 3.41. The molecule has 16 heavy (non-hydrogen) atoms. The number of hydrogen-bond acceptors (Lipinski definition) is 8. The van der Waals surface area contributed by atoms with Crippen LogP contribution in [0.4, 0.5) is 0 Å². The first kappa shape index (κ1) is 13.7. The van der Waals surface area contributed by atoms with E-state index in [0.29, 0.717) is 0 Å². The SMILES string of the molecule is NC[C@H]1O[C@H](O)[C@H](O)[C@@H](O)[C@@]1(O)S(=O)(=O)O.